The summed E-state index contributed by atoms with van der Waals surface area (Å²) in [6.07, 6.45) is 11.9. The lowest BCUT2D eigenvalue weighted by atomic mass is 10.1. The molecular formula is C19H35NO5. The molecule has 0 fully saturated rings. The minimum Gasteiger partial charge on any atom is -0.481 e. The highest BCUT2D eigenvalue weighted by Crippen LogP contribution is 2.12. The molecule has 0 aromatic carbocycles. The quantitative estimate of drug-likeness (QED) is 0.383. The topological polar surface area (TPSA) is 94.9 Å². The molecule has 0 unspecified atom stereocenters. The second kappa shape index (κ2) is 15.9. The Labute approximate surface area is 151 Å². The second-order valence-corrected chi connectivity index (χ2v) is 6.60. The lowest BCUT2D eigenvalue weighted by molar-refractivity contribution is -0.139. The van der Waals surface area contributed by atoms with E-state index < -0.39 is 11.9 Å². The van der Waals surface area contributed by atoms with Gasteiger partial charge in [0.25, 0.3) is 0 Å². The van der Waals surface area contributed by atoms with Crippen LogP contribution in [0.25, 0.3) is 0 Å². The van der Waals surface area contributed by atoms with Crippen LogP contribution < -0.4 is 0 Å². The van der Waals surface area contributed by atoms with E-state index in [1.165, 1.54) is 49.8 Å². The van der Waals surface area contributed by atoms with Crippen molar-refractivity contribution in [1.29, 1.82) is 0 Å². The number of aliphatic carboxylic acids is 2. The fourth-order valence-electron chi connectivity index (χ4n) is 2.74. The molecule has 0 aromatic heterocycles. The number of nitrogens with zero attached hydrogens (tertiary/aromatic N) is 1. The third kappa shape index (κ3) is 15.7. The van der Waals surface area contributed by atoms with Gasteiger partial charge in [-0.05, 0) is 6.42 Å². The summed E-state index contributed by atoms with van der Waals surface area (Å²) in [6, 6.07) is 0. The predicted molar refractivity (Wildman–Crippen MR) is 97.5 cm³/mol. The molecule has 0 aliphatic carbocycles. The standard InChI is InChI=1S/C19H35NO5/c1-2-3-4-5-6-7-8-9-10-11-12-17(21)20(15-13-18(22)23)16-14-19(24)25/h2-16H2,1H3,(H,22,23)(H,24,25). The van der Waals surface area contributed by atoms with Gasteiger partial charge in [-0.15, -0.1) is 0 Å². The van der Waals surface area contributed by atoms with Crippen molar-refractivity contribution in [2.45, 2.75) is 90.4 Å². The van der Waals surface area contributed by atoms with Crippen LogP contribution in [0.5, 0.6) is 0 Å². The zero-order valence-electron chi connectivity index (χ0n) is 15.7. The van der Waals surface area contributed by atoms with Crippen LogP contribution in [0.3, 0.4) is 0 Å². The van der Waals surface area contributed by atoms with Crippen molar-refractivity contribution in [3.63, 3.8) is 0 Å². The Bertz CT molecular complexity index is 366. The molecule has 6 heteroatoms. The first-order valence-electron chi connectivity index (χ1n) is 9.68. The number of unbranched alkanes of at least 4 members (excludes halogenated alkanes) is 9. The Kier molecular flexibility index (Phi) is 14.9. The molecule has 0 spiro atoms. The van der Waals surface area contributed by atoms with Gasteiger partial charge in [-0.2, -0.15) is 0 Å². The molecule has 0 radical (unpaired) electrons. The monoisotopic (exact) mass is 357 g/mol. The Morgan fingerprint density at radius 3 is 1.44 bits per heavy atom. The molecule has 1 amide bonds. The van der Waals surface area contributed by atoms with Gasteiger partial charge in [-0.3, -0.25) is 14.4 Å². The smallest absolute Gasteiger partial charge is 0.305 e. The summed E-state index contributed by atoms with van der Waals surface area (Å²) in [5, 5.41) is 17.5. The maximum atomic E-state index is 12.1. The van der Waals surface area contributed by atoms with Crippen LogP contribution in [-0.4, -0.2) is 46.0 Å². The lowest BCUT2D eigenvalue weighted by Crippen LogP contribution is -2.34. The molecule has 0 aromatic rings. The first-order chi connectivity index (χ1) is 12.0. The van der Waals surface area contributed by atoms with Crippen molar-refractivity contribution in [2.24, 2.45) is 0 Å². The predicted octanol–water partition coefficient (Wildman–Crippen LogP) is 4.08. The van der Waals surface area contributed by atoms with Gasteiger partial charge in [-0.1, -0.05) is 64.7 Å². The van der Waals surface area contributed by atoms with Crippen molar-refractivity contribution in [1.82, 2.24) is 4.90 Å². The van der Waals surface area contributed by atoms with E-state index in [9.17, 15) is 14.4 Å². The molecule has 6 nitrogen and oxygen atoms in total. The van der Waals surface area contributed by atoms with E-state index in [4.69, 9.17) is 10.2 Å². The van der Waals surface area contributed by atoms with Crippen molar-refractivity contribution in [3.8, 4) is 0 Å². The van der Waals surface area contributed by atoms with Crippen LogP contribution >= 0.6 is 0 Å². The lowest BCUT2D eigenvalue weighted by Gasteiger charge is -2.21. The van der Waals surface area contributed by atoms with Gasteiger partial charge in [0.05, 0.1) is 12.8 Å². The molecule has 0 heterocycles. The van der Waals surface area contributed by atoms with Gasteiger partial charge < -0.3 is 15.1 Å². The summed E-state index contributed by atoms with van der Waals surface area (Å²) in [4.78, 5) is 34.8. The van der Waals surface area contributed by atoms with Crippen LogP contribution in [0, 0.1) is 0 Å². The Balaban J connectivity index is 3.81. The Hall–Kier alpha value is -1.59. The van der Waals surface area contributed by atoms with E-state index in [0.717, 1.165) is 19.3 Å². The number of carboxylic acid groups (broad SMARTS) is 2. The first-order valence-corrected chi connectivity index (χ1v) is 9.68. The second-order valence-electron chi connectivity index (χ2n) is 6.60. The number of hydrogen-bond acceptors (Lipinski definition) is 3. The van der Waals surface area contributed by atoms with Gasteiger partial charge in [0.15, 0.2) is 0 Å². The summed E-state index contributed by atoms with van der Waals surface area (Å²) in [7, 11) is 0. The molecular weight excluding hydrogens is 322 g/mol. The normalized spacial score (nSPS) is 10.6. The fourth-order valence-corrected chi connectivity index (χ4v) is 2.74. The maximum Gasteiger partial charge on any atom is 0.305 e. The molecule has 146 valence electrons. The number of amides is 1. The van der Waals surface area contributed by atoms with Gasteiger partial charge in [-0.25, -0.2) is 0 Å². The minimum absolute atomic E-state index is 0.0825. The van der Waals surface area contributed by atoms with Gasteiger partial charge >= 0.3 is 11.9 Å². The summed E-state index contributed by atoms with van der Waals surface area (Å²) >= 11 is 0. The number of rotatable bonds is 17. The molecule has 0 atom stereocenters. The van der Waals surface area contributed by atoms with Crippen molar-refractivity contribution in [2.75, 3.05) is 13.1 Å². The molecule has 2 N–H and O–H groups in total. The van der Waals surface area contributed by atoms with E-state index in [1.807, 2.05) is 0 Å². The molecule has 0 saturated heterocycles. The molecule has 0 rings (SSSR count). The largest absolute Gasteiger partial charge is 0.481 e. The minimum atomic E-state index is -0.980. The zero-order valence-corrected chi connectivity index (χ0v) is 15.7. The average Bonchev–Trinajstić information content (AvgIpc) is 2.55. The van der Waals surface area contributed by atoms with Gasteiger partial charge in [0.2, 0.25) is 5.91 Å². The zero-order chi connectivity index (χ0) is 18.9. The van der Waals surface area contributed by atoms with E-state index in [2.05, 4.69) is 6.92 Å². The van der Waals surface area contributed by atoms with E-state index >= 15 is 0 Å². The van der Waals surface area contributed by atoms with Crippen molar-refractivity contribution < 1.29 is 24.6 Å². The van der Waals surface area contributed by atoms with Crippen molar-refractivity contribution in [3.05, 3.63) is 0 Å². The van der Waals surface area contributed by atoms with Crippen LogP contribution in [0.2, 0.25) is 0 Å². The third-order valence-electron chi connectivity index (χ3n) is 4.29. The van der Waals surface area contributed by atoms with Crippen LogP contribution in [0.4, 0.5) is 0 Å². The SMILES string of the molecule is CCCCCCCCCCCCC(=O)N(CCC(=O)O)CCC(=O)O. The van der Waals surface area contributed by atoms with Gasteiger partial charge in [0.1, 0.15) is 0 Å². The highest BCUT2D eigenvalue weighted by atomic mass is 16.4. The highest BCUT2D eigenvalue weighted by molar-refractivity contribution is 5.77. The van der Waals surface area contributed by atoms with E-state index in [-0.39, 0.29) is 31.8 Å². The maximum absolute atomic E-state index is 12.1. The van der Waals surface area contributed by atoms with Crippen LogP contribution in [0.15, 0.2) is 0 Å². The van der Waals surface area contributed by atoms with Crippen LogP contribution in [-0.2, 0) is 14.4 Å². The number of hydrogen-bond donors (Lipinski definition) is 2. The van der Waals surface area contributed by atoms with E-state index in [1.54, 1.807) is 0 Å². The Morgan fingerprint density at radius 1 is 0.640 bits per heavy atom. The Morgan fingerprint density at radius 2 is 1.04 bits per heavy atom. The fraction of sp³-hybridized carbons (Fsp3) is 0.842. The molecule has 0 aliphatic heterocycles. The highest BCUT2D eigenvalue weighted by Gasteiger charge is 2.15. The third-order valence-corrected chi connectivity index (χ3v) is 4.29. The molecule has 0 saturated carbocycles. The summed E-state index contributed by atoms with van der Waals surface area (Å²) < 4.78 is 0. The van der Waals surface area contributed by atoms with Gasteiger partial charge in [0, 0.05) is 19.5 Å². The molecule has 0 aliphatic rings. The summed E-state index contributed by atoms with van der Waals surface area (Å²) in [6.45, 7) is 2.38. The first kappa shape index (κ1) is 23.4. The number of carboxylic acids is 2. The summed E-state index contributed by atoms with van der Waals surface area (Å²) in [5.74, 6) is -2.10. The average molecular weight is 357 g/mol. The van der Waals surface area contributed by atoms with Crippen LogP contribution in [0.1, 0.15) is 90.4 Å². The van der Waals surface area contributed by atoms with Crippen molar-refractivity contribution >= 4 is 17.8 Å². The van der Waals surface area contributed by atoms with E-state index in [0.29, 0.717) is 6.42 Å². The summed E-state index contributed by atoms with van der Waals surface area (Å²) in [5.41, 5.74) is 0. The number of carbonyl (C=O) groups is 3. The number of carbonyl (C=O) groups excluding carboxylic acids is 1. The molecule has 0 bridgehead atoms. The molecule has 25 heavy (non-hydrogen) atoms.